The number of hydrogen-bond donors (Lipinski definition) is 1. The van der Waals surface area contributed by atoms with E-state index in [4.69, 9.17) is 4.74 Å². The third kappa shape index (κ3) is 5.08. The van der Waals surface area contributed by atoms with E-state index >= 15 is 0 Å². The van der Waals surface area contributed by atoms with Crippen molar-refractivity contribution in [3.05, 3.63) is 93.0 Å². The first kappa shape index (κ1) is 27.4. The second-order valence-corrected chi connectivity index (χ2v) is 11.6. The molecule has 4 aromatic rings. The number of anilines is 1. The third-order valence-electron chi connectivity index (χ3n) is 6.42. The number of ketones is 1. The number of carbonyl (C=O) groups excluding carboxylic acids is 2. The molecular formula is C29H26F3N3O4S. The summed E-state index contributed by atoms with van der Waals surface area (Å²) in [5.74, 6) is -2.80. The van der Waals surface area contributed by atoms with Crippen LogP contribution < -0.4 is 10.9 Å². The first-order chi connectivity index (χ1) is 18.8. The fourth-order valence-electron chi connectivity index (χ4n) is 4.48. The highest BCUT2D eigenvalue weighted by molar-refractivity contribution is 7.23. The minimum Gasteiger partial charge on any atom is -0.444 e. The number of hydrogen-bond acceptors (Lipinski definition) is 6. The number of carbonyl (C=O) groups is 2. The van der Waals surface area contributed by atoms with Gasteiger partial charge in [0.05, 0.1) is 11.6 Å². The van der Waals surface area contributed by atoms with E-state index in [0.717, 1.165) is 34.1 Å². The van der Waals surface area contributed by atoms with Gasteiger partial charge in [0.15, 0.2) is 5.78 Å². The fourth-order valence-corrected chi connectivity index (χ4v) is 5.76. The summed E-state index contributed by atoms with van der Waals surface area (Å²) in [5.41, 5.74) is -1.23. The topological polar surface area (TPSA) is 80.6 Å². The molecule has 1 N–H and O–H groups in total. The van der Waals surface area contributed by atoms with Crippen LogP contribution in [0.1, 0.15) is 42.3 Å². The molecule has 11 heteroatoms. The van der Waals surface area contributed by atoms with Gasteiger partial charge in [-0.15, -0.1) is 0 Å². The smallest absolute Gasteiger partial charge is 0.410 e. The minimum absolute atomic E-state index is 0.157. The molecule has 3 heterocycles. The summed E-state index contributed by atoms with van der Waals surface area (Å²) >= 11 is 0.993. The van der Waals surface area contributed by atoms with E-state index in [2.05, 4.69) is 5.32 Å². The molecule has 5 rings (SSSR count). The van der Waals surface area contributed by atoms with Crippen molar-refractivity contribution >= 4 is 38.4 Å². The minimum atomic E-state index is -0.938. The molecule has 1 fully saturated rings. The third-order valence-corrected chi connectivity index (χ3v) is 7.54. The molecule has 0 spiro atoms. The predicted octanol–water partition coefficient (Wildman–Crippen LogP) is 6.04. The SMILES string of the molecule is Cc1cc(C(=O)c2c(NC3CN(C(=O)OC(C)(C)C)C3)sc3c2ccc(=O)n3-c2c(F)cccc2F)ccc1F. The van der Waals surface area contributed by atoms with Gasteiger partial charge in [0.2, 0.25) is 0 Å². The van der Waals surface area contributed by atoms with Crippen LogP contribution in [0.2, 0.25) is 0 Å². The number of thiophene rings is 1. The second kappa shape index (κ2) is 10.1. The molecule has 2 aromatic heterocycles. The number of halogens is 3. The number of likely N-dealkylation sites (tertiary alicyclic amines) is 1. The highest BCUT2D eigenvalue weighted by Crippen LogP contribution is 2.39. The van der Waals surface area contributed by atoms with Crippen molar-refractivity contribution in [2.45, 2.75) is 39.3 Å². The summed E-state index contributed by atoms with van der Waals surface area (Å²) in [5, 5.41) is 3.91. The summed E-state index contributed by atoms with van der Waals surface area (Å²) in [4.78, 5) is 40.8. The fraction of sp³-hybridized carbons (Fsp3) is 0.276. The van der Waals surface area contributed by atoms with Crippen molar-refractivity contribution in [1.82, 2.24) is 9.47 Å². The Morgan fingerprint density at radius 1 is 1.00 bits per heavy atom. The zero-order valence-electron chi connectivity index (χ0n) is 22.2. The number of nitrogens with zero attached hydrogens (tertiary/aromatic N) is 2. The first-order valence-corrected chi connectivity index (χ1v) is 13.3. The Kier molecular flexibility index (Phi) is 6.95. The van der Waals surface area contributed by atoms with E-state index < -0.39 is 46.2 Å². The Morgan fingerprint density at radius 3 is 2.30 bits per heavy atom. The maximum Gasteiger partial charge on any atom is 0.410 e. The zero-order chi connectivity index (χ0) is 28.9. The standard InChI is InChI=1S/C29H26F3N3O4S/c1-15-12-16(8-10-19(15)30)25(37)23-18-9-11-22(36)35(24-20(31)6-5-7-21(24)32)27(18)40-26(23)33-17-13-34(14-17)28(38)39-29(2,3)4/h5-12,17,33H,13-14H2,1-4H3. The van der Waals surface area contributed by atoms with Crippen LogP contribution in [0, 0.1) is 24.4 Å². The number of aromatic nitrogens is 1. The highest BCUT2D eigenvalue weighted by atomic mass is 32.1. The number of para-hydroxylation sites is 1. The Labute approximate surface area is 231 Å². The van der Waals surface area contributed by atoms with Crippen LogP contribution in [0.4, 0.5) is 23.0 Å². The van der Waals surface area contributed by atoms with Crippen molar-refractivity contribution in [2.24, 2.45) is 0 Å². The number of rotatable bonds is 5. The van der Waals surface area contributed by atoms with E-state index in [-0.39, 0.29) is 27.6 Å². The molecule has 1 aliphatic rings. The second-order valence-electron chi connectivity index (χ2n) is 10.6. The van der Waals surface area contributed by atoms with Crippen molar-refractivity contribution in [1.29, 1.82) is 0 Å². The van der Waals surface area contributed by atoms with Crippen LogP contribution in [0.15, 0.2) is 53.3 Å². The summed E-state index contributed by atoms with van der Waals surface area (Å²) < 4.78 is 49.9. The normalized spacial score (nSPS) is 13.8. The molecule has 0 atom stereocenters. The van der Waals surface area contributed by atoms with Crippen molar-refractivity contribution in [2.75, 3.05) is 18.4 Å². The van der Waals surface area contributed by atoms with Gasteiger partial charge >= 0.3 is 6.09 Å². The monoisotopic (exact) mass is 569 g/mol. The number of ether oxygens (including phenoxy) is 1. The largest absolute Gasteiger partial charge is 0.444 e. The van der Waals surface area contributed by atoms with Crippen LogP contribution in [0.5, 0.6) is 0 Å². The predicted molar refractivity (Wildman–Crippen MR) is 147 cm³/mol. The molecule has 0 radical (unpaired) electrons. The molecule has 1 amide bonds. The van der Waals surface area contributed by atoms with Gasteiger partial charge in [-0.05, 0) is 69.7 Å². The van der Waals surface area contributed by atoms with Gasteiger partial charge in [-0.2, -0.15) is 0 Å². The van der Waals surface area contributed by atoms with E-state index in [9.17, 15) is 27.6 Å². The van der Waals surface area contributed by atoms with E-state index in [1.165, 1.54) is 42.2 Å². The summed E-state index contributed by atoms with van der Waals surface area (Å²) in [7, 11) is 0. The molecule has 2 aromatic carbocycles. The molecule has 0 aliphatic carbocycles. The number of nitrogens with one attached hydrogen (secondary N) is 1. The van der Waals surface area contributed by atoms with Crippen molar-refractivity contribution in [3.63, 3.8) is 0 Å². The maximum absolute atomic E-state index is 14.8. The number of pyridine rings is 1. The lowest BCUT2D eigenvalue weighted by Gasteiger charge is -2.40. The van der Waals surface area contributed by atoms with Gasteiger partial charge in [0.1, 0.15) is 38.6 Å². The maximum atomic E-state index is 14.8. The summed E-state index contributed by atoms with van der Waals surface area (Å²) in [6, 6.07) is 9.58. The molecule has 0 saturated carbocycles. The Bertz CT molecular complexity index is 1700. The number of amides is 1. The van der Waals surface area contributed by atoms with Crippen LogP contribution >= 0.6 is 11.3 Å². The van der Waals surface area contributed by atoms with Crippen LogP contribution in [-0.4, -0.2) is 46.1 Å². The van der Waals surface area contributed by atoms with Gasteiger partial charge in [0, 0.05) is 30.1 Å². The first-order valence-electron chi connectivity index (χ1n) is 12.5. The number of benzene rings is 2. The summed E-state index contributed by atoms with van der Waals surface area (Å²) in [6.45, 7) is 7.43. The van der Waals surface area contributed by atoms with Crippen molar-refractivity contribution in [3.8, 4) is 5.69 Å². The molecule has 7 nitrogen and oxygen atoms in total. The Morgan fingerprint density at radius 2 is 1.68 bits per heavy atom. The molecule has 1 aliphatic heterocycles. The van der Waals surface area contributed by atoms with E-state index in [1.807, 2.05) is 0 Å². The lowest BCUT2D eigenvalue weighted by Crippen LogP contribution is -2.57. The van der Waals surface area contributed by atoms with E-state index in [0.29, 0.717) is 23.5 Å². The molecule has 1 saturated heterocycles. The molecular weight excluding hydrogens is 543 g/mol. The van der Waals surface area contributed by atoms with Gasteiger partial charge in [0.25, 0.3) is 5.56 Å². The average molecular weight is 570 g/mol. The Hall–Kier alpha value is -4.12. The van der Waals surface area contributed by atoms with Gasteiger partial charge < -0.3 is 15.0 Å². The van der Waals surface area contributed by atoms with Crippen LogP contribution in [0.3, 0.4) is 0 Å². The molecule has 40 heavy (non-hydrogen) atoms. The van der Waals surface area contributed by atoms with Crippen LogP contribution in [0.25, 0.3) is 15.9 Å². The Balaban J connectivity index is 1.60. The zero-order valence-corrected chi connectivity index (χ0v) is 23.0. The molecule has 0 bridgehead atoms. The number of fused-ring (bicyclic) bond motifs is 1. The van der Waals surface area contributed by atoms with Gasteiger partial charge in [-0.3, -0.25) is 14.2 Å². The van der Waals surface area contributed by atoms with Crippen LogP contribution in [-0.2, 0) is 4.74 Å². The lowest BCUT2D eigenvalue weighted by molar-refractivity contribution is 0.0105. The molecule has 0 unspecified atom stereocenters. The highest BCUT2D eigenvalue weighted by Gasteiger charge is 2.35. The average Bonchev–Trinajstić information content (AvgIpc) is 3.20. The van der Waals surface area contributed by atoms with Crippen molar-refractivity contribution < 1.29 is 27.5 Å². The van der Waals surface area contributed by atoms with Gasteiger partial charge in [-0.1, -0.05) is 17.4 Å². The van der Waals surface area contributed by atoms with E-state index in [1.54, 1.807) is 20.8 Å². The van der Waals surface area contributed by atoms with Gasteiger partial charge in [-0.25, -0.2) is 18.0 Å². The number of aryl methyl sites for hydroxylation is 1. The summed E-state index contributed by atoms with van der Waals surface area (Å²) in [6.07, 6.45) is -0.469. The quantitative estimate of drug-likeness (QED) is 0.297. The molecule has 208 valence electrons. The lowest BCUT2D eigenvalue weighted by atomic mass is 10.00.